The van der Waals surface area contributed by atoms with Gasteiger partial charge in [0.2, 0.25) is 5.88 Å². The third-order valence-corrected chi connectivity index (χ3v) is 5.90. The monoisotopic (exact) mass is 501 g/mol. The van der Waals surface area contributed by atoms with E-state index in [9.17, 15) is 4.79 Å². The topological polar surface area (TPSA) is 141 Å². The fraction of sp³-hybridized carbons (Fsp3) is 0.308. The quantitative estimate of drug-likeness (QED) is 0.168. The molecule has 1 amide bonds. The van der Waals surface area contributed by atoms with Crippen LogP contribution in [0.4, 0.5) is 17.5 Å². The number of ether oxygens (including phenoxy) is 1. The van der Waals surface area contributed by atoms with Crippen molar-refractivity contribution in [3.8, 4) is 5.88 Å². The molecule has 192 valence electrons. The Morgan fingerprint density at radius 2 is 1.92 bits per heavy atom. The van der Waals surface area contributed by atoms with Crippen molar-refractivity contribution in [2.24, 2.45) is 5.10 Å². The molecule has 3 aromatic rings. The molecule has 1 aromatic carbocycles. The molecule has 37 heavy (non-hydrogen) atoms. The SMILES string of the molecule is COc1cccc(Nc2ncnc(N/N=C/c3ccc(C(=O)NCCCN4CCCC4)cc3)c2C=N)n1. The minimum Gasteiger partial charge on any atom is -0.481 e. The second kappa shape index (κ2) is 13.1. The number of carbonyl (C=O) groups is 1. The van der Waals surface area contributed by atoms with E-state index in [0.29, 0.717) is 41.0 Å². The van der Waals surface area contributed by atoms with Crippen molar-refractivity contribution in [3.63, 3.8) is 0 Å². The second-order valence-corrected chi connectivity index (χ2v) is 8.47. The Bertz CT molecular complexity index is 1220. The summed E-state index contributed by atoms with van der Waals surface area (Å²) in [6, 6.07) is 12.5. The number of benzene rings is 1. The van der Waals surface area contributed by atoms with Gasteiger partial charge in [-0.05, 0) is 62.7 Å². The summed E-state index contributed by atoms with van der Waals surface area (Å²) < 4.78 is 5.14. The van der Waals surface area contributed by atoms with Crippen molar-refractivity contribution in [2.75, 3.05) is 44.0 Å². The summed E-state index contributed by atoms with van der Waals surface area (Å²) in [5, 5.41) is 18.1. The maximum absolute atomic E-state index is 12.4. The lowest BCUT2D eigenvalue weighted by Gasteiger charge is -2.14. The molecule has 4 N–H and O–H groups in total. The predicted octanol–water partition coefficient (Wildman–Crippen LogP) is 3.28. The third-order valence-electron chi connectivity index (χ3n) is 5.90. The normalized spacial score (nSPS) is 13.4. The minimum absolute atomic E-state index is 0.0785. The number of pyridine rings is 1. The van der Waals surface area contributed by atoms with Crippen molar-refractivity contribution in [2.45, 2.75) is 19.3 Å². The molecule has 3 heterocycles. The van der Waals surface area contributed by atoms with Crippen molar-refractivity contribution in [1.82, 2.24) is 25.2 Å². The molecule has 0 unspecified atom stereocenters. The highest BCUT2D eigenvalue weighted by atomic mass is 16.5. The number of nitrogens with zero attached hydrogens (tertiary/aromatic N) is 5. The highest BCUT2D eigenvalue weighted by Gasteiger charge is 2.12. The Labute approximate surface area is 215 Å². The molecular formula is C26H31N9O2. The van der Waals surface area contributed by atoms with Crippen LogP contribution in [0.2, 0.25) is 0 Å². The smallest absolute Gasteiger partial charge is 0.251 e. The number of amides is 1. The number of hydrogen-bond acceptors (Lipinski definition) is 10. The van der Waals surface area contributed by atoms with E-state index in [1.165, 1.54) is 32.3 Å². The molecule has 11 nitrogen and oxygen atoms in total. The molecule has 11 heteroatoms. The van der Waals surface area contributed by atoms with Gasteiger partial charge in [-0.2, -0.15) is 10.1 Å². The average molecular weight is 502 g/mol. The molecular weight excluding hydrogens is 470 g/mol. The van der Waals surface area contributed by atoms with Crippen LogP contribution in [0.25, 0.3) is 0 Å². The van der Waals surface area contributed by atoms with Crippen LogP contribution >= 0.6 is 0 Å². The van der Waals surface area contributed by atoms with Crippen LogP contribution in [0.5, 0.6) is 5.88 Å². The standard InChI is InChI=1S/C26H31N9O2/c1-37-23-7-4-6-22(32-23)33-24-21(16-27)25(30-18-29-24)34-31-17-19-8-10-20(11-9-19)26(36)28-12-5-15-35-13-2-3-14-35/h4,6-11,16-18,27H,2-3,5,12-15H2,1H3,(H,28,36)(H2,29,30,32,33,34)/b27-16?,31-17+. The fourth-order valence-electron chi connectivity index (χ4n) is 3.94. The average Bonchev–Trinajstić information content (AvgIpc) is 3.45. The summed E-state index contributed by atoms with van der Waals surface area (Å²) in [5.74, 6) is 1.66. The number of rotatable bonds is 12. The summed E-state index contributed by atoms with van der Waals surface area (Å²) in [6.07, 6.45) is 7.63. The zero-order chi connectivity index (χ0) is 25.9. The van der Waals surface area contributed by atoms with Crippen molar-refractivity contribution < 1.29 is 9.53 Å². The zero-order valence-electron chi connectivity index (χ0n) is 20.8. The molecule has 1 aliphatic rings. The number of hydrogen-bond donors (Lipinski definition) is 4. The number of methoxy groups -OCH3 is 1. The van der Waals surface area contributed by atoms with E-state index in [-0.39, 0.29) is 5.91 Å². The summed E-state index contributed by atoms with van der Waals surface area (Å²) in [4.78, 5) is 27.5. The van der Waals surface area contributed by atoms with E-state index in [2.05, 4.69) is 41.0 Å². The van der Waals surface area contributed by atoms with Gasteiger partial charge in [0.25, 0.3) is 5.91 Å². The van der Waals surface area contributed by atoms with Crippen LogP contribution in [0.3, 0.4) is 0 Å². The van der Waals surface area contributed by atoms with Gasteiger partial charge in [-0.3, -0.25) is 10.2 Å². The molecule has 2 aromatic heterocycles. The highest BCUT2D eigenvalue weighted by Crippen LogP contribution is 2.22. The number of anilines is 3. The molecule has 1 saturated heterocycles. The molecule has 0 saturated carbocycles. The highest BCUT2D eigenvalue weighted by molar-refractivity contribution is 5.95. The number of aromatic nitrogens is 3. The van der Waals surface area contributed by atoms with Gasteiger partial charge < -0.3 is 25.7 Å². The van der Waals surface area contributed by atoms with Gasteiger partial charge in [-0.25, -0.2) is 9.97 Å². The fourth-order valence-corrected chi connectivity index (χ4v) is 3.94. The number of carbonyl (C=O) groups excluding carboxylic acids is 1. The van der Waals surface area contributed by atoms with Gasteiger partial charge in [0.05, 0.1) is 18.9 Å². The first kappa shape index (κ1) is 25.7. The van der Waals surface area contributed by atoms with Crippen LogP contribution in [0.1, 0.15) is 40.7 Å². The maximum Gasteiger partial charge on any atom is 0.251 e. The Kier molecular flexibility index (Phi) is 9.08. The van der Waals surface area contributed by atoms with Gasteiger partial charge in [-0.1, -0.05) is 18.2 Å². The van der Waals surface area contributed by atoms with Gasteiger partial charge in [-0.15, -0.1) is 0 Å². The molecule has 4 rings (SSSR count). The molecule has 0 spiro atoms. The Hall–Kier alpha value is -4.38. The van der Waals surface area contributed by atoms with E-state index in [1.807, 2.05) is 12.1 Å². The largest absolute Gasteiger partial charge is 0.481 e. The first-order chi connectivity index (χ1) is 18.2. The number of hydrazone groups is 1. The van der Waals surface area contributed by atoms with E-state index >= 15 is 0 Å². The van der Waals surface area contributed by atoms with E-state index in [4.69, 9.17) is 10.1 Å². The lowest BCUT2D eigenvalue weighted by molar-refractivity contribution is 0.0952. The summed E-state index contributed by atoms with van der Waals surface area (Å²) >= 11 is 0. The lowest BCUT2D eigenvalue weighted by Crippen LogP contribution is -2.28. The van der Waals surface area contributed by atoms with Gasteiger partial charge in [0.15, 0.2) is 5.82 Å². The van der Waals surface area contributed by atoms with Crippen molar-refractivity contribution in [3.05, 3.63) is 65.5 Å². The third kappa shape index (κ3) is 7.31. The number of nitrogens with one attached hydrogen (secondary N) is 4. The lowest BCUT2D eigenvalue weighted by atomic mass is 10.1. The van der Waals surface area contributed by atoms with Gasteiger partial charge in [0, 0.05) is 24.4 Å². The Morgan fingerprint density at radius 3 is 2.68 bits per heavy atom. The minimum atomic E-state index is -0.0785. The van der Waals surface area contributed by atoms with E-state index in [0.717, 1.165) is 24.7 Å². The maximum atomic E-state index is 12.4. The second-order valence-electron chi connectivity index (χ2n) is 8.47. The number of likely N-dealkylation sites (tertiary alicyclic amines) is 1. The Morgan fingerprint density at radius 1 is 1.14 bits per heavy atom. The first-order valence-corrected chi connectivity index (χ1v) is 12.2. The summed E-state index contributed by atoms with van der Waals surface area (Å²) in [5.41, 5.74) is 4.69. The van der Waals surface area contributed by atoms with Gasteiger partial charge >= 0.3 is 0 Å². The van der Waals surface area contributed by atoms with Crippen LogP contribution < -0.4 is 20.8 Å². The van der Waals surface area contributed by atoms with E-state index in [1.54, 1.807) is 43.7 Å². The van der Waals surface area contributed by atoms with Crippen molar-refractivity contribution in [1.29, 1.82) is 5.41 Å². The summed E-state index contributed by atoms with van der Waals surface area (Å²) in [6.45, 7) is 4.04. The molecule has 0 atom stereocenters. The Balaban J connectivity index is 1.31. The van der Waals surface area contributed by atoms with Crippen LogP contribution in [0, 0.1) is 5.41 Å². The molecule has 0 aliphatic carbocycles. The predicted molar refractivity (Wildman–Crippen MR) is 144 cm³/mol. The summed E-state index contributed by atoms with van der Waals surface area (Å²) in [7, 11) is 1.54. The molecule has 1 aliphatic heterocycles. The molecule has 0 radical (unpaired) electrons. The van der Waals surface area contributed by atoms with Crippen LogP contribution in [-0.4, -0.2) is 71.5 Å². The van der Waals surface area contributed by atoms with Crippen LogP contribution in [0.15, 0.2) is 53.9 Å². The first-order valence-electron chi connectivity index (χ1n) is 12.2. The zero-order valence-corrected chi connectivity index (χ0v) is 20.8. The van der Waals surface area contributed by atoms with Crippen LogP contribution in [-0.2, 0) is 0 Å². The van der Waals surface area contributed by atoms with Crippen molar-refractivity contribution >= 4 is 35.8 Å². The molecule has 0 bridgehead atoms. The van der Waals surface area contributed by atoms with Gasteiger partial charge in [0.1, 0.15) is 18.0 Å². The molecule has 1 fully saturated rings. The van der Waals surface area contributed by atoms with E-state index < -0.39 is 0 Å².